The summed E-state index contributed by atoms with van der Waals surface area (Å²) in [5.74, 6) is 0. The molecule has 0 spiro atoms. The Hall–Kier alpha value is -8.26. The van der Waals surface area contributed by atoms with Crippen molar-refractivity contribution >= 4 is 38.6 Å². The van der Waals surface area contributed by atoms with E-state index in [2.05, 4.69) is 266 Å². The van der Waals surface area contributed by atoms with Crippen molar-refractivity contribution in [2.75, 3.05) is 4.90 Å². The molecule has 0 N–H and O–H groups in total. The van der Waals surface area contributed by atoms with Gasteiger partial charge in [-0.05, 0) is 113 Å². The van der Waals surface area contributed by atoms with Gasteiger partial charge in [0.15, 0.2) is 0 Å². The third-order valence-corrected chi connectivity index (χ3v) is 12.3. The van der Waals surface area contributed by atoms with Crippen LogP contribution in [0.3, 0.4) is 0 Å². The minimum absolute atomic E-state index is 1.08. The van der Waals surface area contributed by atoms with Crippen LogP contribution in [-0.2, 0) is 0 Å². The summed E-state index contributed by atoms with van der Waals surface area (Å²) in [5.41, 5.74) is 17.5. The second kappa shape index (κ2) is 16.7. The number of benzene rings is 11. The lowest BCUT2D eigenvalue weighted by Gasteiger charge is -2.29. The Morgan fingerprint density at radius 2 is 0.651 bits per heavy atom. The molecule has 63 heavy (non-hydrogen) atoms. The molecule has 296 valence electrons. The normalized spacial score (nSPS) is 11.2. The molecule has 0 saturated carbocycles. The number of anilines is 3. The molecule has 0 radical (unpaired) electrons. The van der Waals surface area contributed by atoms with E-state index in [1.165, 1.54) is 77.2 Å². The quantitative estimate of drug-likeness (QED) is 0.141. The smallest absolute Gasteiger partial charge is 0.0540 e. The van der Waals surface area contributed by atoms with Crippen LogP contribution in [0.15, 0.2) is 261 Å². The molecule has 11 rings (SSSR count). The van der Waals surface area contributed by atoms with Gasteiger partial charge in [-0.1, -0.05) is 231 Å². The van der Waals surface area contributed by atoms with Crippen molar-refractivity contribution in [2.24, 2.45) is 0 Å². The molecule has 0 amide bonds. The fraction of sp³-hybridized carbons (Fsp3) is 0. The molecule has 1 heteroatoms. The minimum atomic E-state index is 1.08. The molecule has 1 nitrogen and oxygen atoms in total. The van der Waals surface area contributed by atoms with Gasteiger partial charge in [0.05, 0.1) is 5.69 Å². The summed E-state index contributed by atoms with van der Waals surface area (Å²) in [7, 11) is 0. The van der Waals surface area contributed by atoms with Crippen molar-refractivity contribution in [1.29, 1.82) is 0 Å². The van der Waals surface area contributed by atoms with Gasteiger partial charge in [-0.3, -0.25) is 0 Å². The molecule has 0 aliphatic rings. The highest BCUT2D eigenvalue weighted by atomic mass is 15.1. The zero-order valence-corrected chi connectivity index (χ0v) is 34.8. The summed E-state index contributed by atoms with van der Waals surface area (Å²) in [6.45, 7) is 0. The maximum absolute atomic E-state index is 2.44. The Labute approximate surface area is 369 Å². The predicted octanol–water partition coefficient (Wildman–Crippen LogP) is 17.5. The zero-order valence-electron chi connectivity index (χ0n) is 34.8. The Kier molecular flexibility index (Phi) is 9.97. The lowest BCUT2D eigenvalue weighted by Crippen LogP contribution is -2.11. The molecule has 0 fully saturated rings. The van der Waals surface area contributed by atoms with Crippen LogP contribution in [0.25, 0.3) is 88.3 Å². The van der Waals surface area contributed by atoms with E-state index in [0.29, 0.717) is 0 Å². The maximum atomic E-state index is 2.44. The van der Waals surface area contributed by atoms with E-state index >= 15 is 0 Å². The molecule has 0 bridgehead atoms. The fourth-order valence-electron chi connectivity index (χ4n) is 9.38. The fourth-order valence-corrected chi connectivity index (χ4v) is 9.38. The van der Waals surface area contributed by atoms with Crippen LogP contribution in [0.4, 0.5) is 17.1 Å². The summed E-state index contributed by atoms with van der Waals surface area (Å²) in [6, 6.07) is 94.8. The van der Waals surface area contributed by atoms with Gasteiger partial charge in [0.25, 0.3) is 0 Å². The number of rotatable bonds is 9. The molecule has 0 heterocycles. The summed E-state index contributed by atoms with van der Waals surface area (Å²) in [4.78, 5) is 2.44. The van der Waals surface area contributed by atoms with Gasteiger partial charge in [0, 0.05) is 16.9 Å². The van der Waals surface area contributed by atoms with Crippen LogP contribution in [-0.4, -0.2) is 0 Å². The van der Waals surface area contributed by atoms with Crippen LogP contribution < -0.4 is 4.90 Å². The second-order valence-electron chi connectivity index (χ2n) is 16.0. The van der Waals surface area contributed by atoms with Crippen LogP contribution in [0.2, 0.25) is 0 Å². The minimum Gasteiger partial charge on any atom is -0.310 e. The summed E-state index contributed by atoms with van der Waals surface area (Å²) in [5, 5.41) is 4.96. The molecular formula is C62H43N. The molecule has 11 aromatic rings. The van der Waals surface area contributed by atoms with Gasteiger partial charge >= 0.3 is 0 Å². The SMILES string of the molecule is c1ccc(-c2ccccc2-c2c(-c3ccccc3)cccc2-c2ccccc2N(c2ccc(-c3cccc4ccccc34)cc2)c2cccc(-c3cccc4ccccc34)c2)cc1. The third-order valence-electron chi connectivity index (χ3n) is 12.3. The molecule has 0 aliphatic carbocycles. The Balaban J connectivity index is 1.14. The van der Waals surface area contributed by atoms with Crippen LogP contribution in [0.1, 0.15) is 0 Å². The molecule has 0 atom stereocenters. The number of nitrogens with zero attached hydrogens (tertiary/aromatic N) is 1. The van der Waals surface area contributed by atoms with Crippen LogP contribution in [0, 0.1) is 0 Å². The van der Waals surface area contributed by atoms with Gasteiger partial charge in [-0.15, -0.1) is 0 Å². The number of hydrogen-bond acceptors (Lipinski definition) is 1. The average Bonchev–Trinajstić information content (AvgIpc) is 3.37. The van der Waals surface area contributed by atoms with E-state index < -0.39 is 0 Å². The highest BCUT2D eigenvalue weighted by molar-refractivity contribution is 6.04. The summed E-state index contributed by atoms with van der Waals surface area (Å²) in [6.07, 6.45) is 0. The summed E-state index contributed by atoms with van der Waals surface area (Å²) >= 11 is 0. The lowest BCUT2D eigenvalue weighted by molar-refractivity contribution is 1.28. The Bertz CT molecular complexity index is 3370. The van der Waals surface area contributed by atoms with Gasteiger partial charge in [-0.2, -0.15) is 0 Å². The standard InChI is InChI=1S/C62H43N/c1-3-19-44(20-4-1)55-31-11-12-33-59(55)62-57(47-21-5-2-6-22-47)36-18-37-60(62)58-32-13-14-38-61(58)63(50-41-39-48(40-42-50)54-34-16-25-45-23-7-9-29-52(45)54)51-28-15-27-49(43-51)56-35-17-26-46-24-8-10-30-53(46)56/h1-43H. The summed E-state index contributed by atoms with van der Waals surface area (Å²) < 4.78 is 0. The van der Waals surface area contributed by atoms with Gasteiger partial charge in [0.1, 0.15) is 0 Å². The van der Waals surface area contributed by atoms with Gasteiger partial charge in [-0.25, -0.2) is 0 Å². The van der Waals surface area contributed by atoms with E-state index in [1.807, 2.05) is 0 Å². The number of para-hydroxylation sites is 1. The first-order valence-electron chi connectivity index (χ1n) is 21.7. The first-order valence-corrected chi connectivity index (χ1v) is 21.7. The predicted molar refractivity (Wildman–Crippen MR) is 269 cm³/mol. The molecule has 0 aliphatic heterocycles. The monoisotopic (exact) mass is 801 g/mol. The maximum Gasteiger partial charge on any atom is 0.0540 e. The van der Waals surface area contributed by atoms with Crippen LogP contribution >= 0.6 is 0 Å². The number of hydrogen-bond donors (Lipinski definition) is 0. The Morgan fingerprint density at radius 3 is 1.33 bits per heavy atom. The van der Waals surface area contributed by atoms with Gasteiger partial charge in [0.2, 0.25) is 0 Å². The first kappa shape index (κ1) is 37.7. The molecule has 0 saturated heterocycles. The van der Waals surface area contributed by atoms with Crippen molar-refractivity contribution in [3.05, 3.63) is 261 Å². The Morgan fingerprint density at radius 1 is 0.222 bits per heavy atom. The van der Waals surface area contributed by atoms with E-state index in [1.54, 1.807) is 0 Å². The first-order chi connectivity index (χ1) is 31.3. The highest BCUT2D eigenvalue weighted by Crippen LogP contribution is 2.49. The van der Waals surface area contributed by atoms with E-state index in [-0.39, 0.29) is 0 Å². The molecule has 0 unspecified atom stereocenters. The van der Waals surface area contributed by atoms with E-state index in [9.17, 15) is 0 Å². The van der Waals surface area contributed by atoms with Crippen molar-refractivity contribution in [3.63, 3.8) is 0 Å². The number of fused-ring (bicyclic) bond motifs is 2. The molecule has 11 aromatic carbocycles. The lowest BCUT2D eigenvalue weighted by atomic mass is 9.84. The van der Waals surface area contributed by atoms with Crippen molar-refractivity contribution in [3.8, 4) is 66.8 Å². The van der Waals surface area contributed by atoms with Crippen molar-refractivity contribution in [1.82, 2.24) is 0 Å². The van der Waals surface area contributed by atoms with E-state index in [4.69, 9.17) is 0 Å². The third kappa shape index (κ3) is 7.16. The topological polar surface area (TPSA) is 3.24 Å². The second-order valence-corrected chi connectivity index (χ2v) is 16.0. The molecular weight excluding hydrogens is 759 g/mol. The molecule has 0 aromatic heterocycles. The van der Waals surface area contributed by atoms with Crippen molar-refractivity contribution in [2.45, 2.75) is 0 Å². The largest absolute Gasteiger partial charge is 0.310 e. The average molecular weight is 802 g/mol. The highest BCUT2D eigenvalue weighted by Gasteiger charge is 2.23. The van der Waals surface area contributed by atoms with Gasteiger partial charge < -0.3 is 4.90 Å². The van der Waals surface area contributed by atoms with E-state index in [0.717, 1.165) is 28.2 Å². The zero-order chi connectivity index (χ0) is 42.0. The van der Waals surface area contributed by atoms with Crippen molar-refractivity contribution < 1.29 is 0 Å². The van der Waals surface area contributed by atoms with Crippen LogP contribution in [0.5, 0.6) is 0 Å².